The van der Waals surface area contributed by atoms with Crippen molar-refractivity contribution in [2.45, 2.75) is 6.61 Å². The molecule has 0 radical (unpaired) electrons. The van der Waals surface area contributed by atoms with E-state index in [-0.39, 0.29) is 23.7 Å². The maximum atomic E-state index is 13.9. The third-order valence-corrected chi connectivity index (χ3v) is 4.95. The minimum Gasteiger partial charge on any atom is -0.455 e. The van der Waals surface area contributed by atoms with Crippen LogP contribution in [0.4, 0.5) is 15.9 Å². The molecule has 1 aromatic carbocycles. The van der Waals surface area contributed by atoms with E-state index in [2.05, 4.69) is 20.4 Å². The number of anilines is 2. The number of benzene rings is 1. The Bertz CT molecular complexity index is 1160. The van der Waals surface area contributed by atoms with Gasteiger partial charge in [0.15, 0.2) is 0 Å². The third-order valence-electron chi connectivity index (χ3n) is 4.01. The van der Waals surface area contributed by atoms with Crippen molar-refractivity contribution in [3.05, 3.63) is 77.4 Å². The quantitative estimate of drug-likeness (QED) is 0.481. The maximum Gasteiger partial charge on any atom is 0.342 e. The molecule has 0 amide bonds. The summed E-state index contributed by atoms with van der Waals surface area (Å²) >= 11 is 1.45. The summed E-state index contributed by atoms with van der Waals surface area (Å²) in [4.78, 5) is 21.2. The van der Waals surface area contributed by atoms with Gasteiger partial charge in [0.05, 0.1) is 17.6 Å². The molecule has 7 nitrogen and oxygen atoms in total. The third kappa shape index (κ3) is 4.30. The molecule has 3 heterocycles. The fourth-order valence-electron chi connectivity index (χ4n) is 2.61. The van der Waals surface area contributed by atoms with E-state index >= 15 is 0 Å². The van der Waals surface area contributed by atoms with Crippen molar-refractivity contribution >= 4 is 28.8 Å². The number of halogens is 1. The van der Waals surface area contributed by atoms with Gasteiger partial charge in [0.25, 0.3) is 0 Å². The van der Waals surface area contributed by atoms with Crippen LogP contribution in [0.2, 0.25) is 0 Å². The van der Waals surface area contributed by atoms with E-state index in [1.165, 1.54) is 23.6 Å². The minimum absolute atomic E-state index is 0.0175. The number of aryl methyl sites for hydroxylation is 1. The summed E-state index contributed by atoms with van der Waals surface area (Å²) in [7, 11) is 1.83. The Hall–Kier alpha value is -3.59. The Labute approximate surface area is 169 Å². The van der Waals surface area contributed by atoms with Crippen molar-refractivity contribution in [2.75, 3.05) is 5.32 Å². The molecular formula is C20H16FN5O2S. The average molecular weight is 409 g/mol. The Morgan fingerprint density at radius 2 is 2.14 bits per heavy atom. The Kier molecular flexibility index (Phi) is 5.30. The Balaban J connectivity index is 1.45. The smallest absolute Gasteiger partial charge is 0.342 e. The topological polar surface area (TPSA) is 81.9 Å². The van der Waals surface area contributed by atoms with Gasteiger partial charge in [-0.3, -0.25) is 4.68 Å². The number of hydrogen-bond acceptors (Lipinski definition) is 7. The number of rotatable bonds is 6. The van der Waals surface area contributed by atoms with E-state index in [1.807, 2.05) is 18.6 Å². The molecule has 0 unspecified atom stereocenters. The monoisotopic (exact) mass is 409 g/mol. The van der Waals surface area contributed by atoms with E-state index < -0.39 is 11.8 Å². The molecule has 9 heteroatoms. The van der Waals surface area contributed by atoms with Gasteiger partial charge >= 0.3 is 5.97 Å². The molecule has 0 aliphatic heterocycles. The summed E-state index contributed by atoms with van der Waals surface area (Å²) in [6.07, 6.45) is 5.11. The molecule has 0 spiro atoms. The van der Waals surface area contributed by atoms with Crippen molar-refractivity contribution in [1.29, 1.82) is 0 Å². The van der Waals surface area contributed by atoms with E-state index in [1.54, 1.807) is 41.2 Å². The summed E-state index contributed by atoms with van der Waals surface area (Å²) < 4.78 is 21.0. The van der Waals surface area contributed by atoms with E-state index in [0.29, 0.717) is 5.69 Å². The zero-order chi connectivity index (χ0) is 20.2. The molecule has 0 aliphatic carbocycles. The van der Waals surface area contributed by atoms with E-state index in [4.69, 9.17) is 4.74 Å². The van der Waals surface area contributed by atoms with Gasteiger partial charge in [0.2, 0.25) is 0 Å². The molecule has 4 rings (SSSR count). The number of carbonyl (C=O) groups is 1. The van der Waals surface area contributed by atoms with Crippen LogP contribution in [0.1, 0.15) is 16.1 Å². The lowest BCUT2D eigenvalue weighted by molar-refractivity contribution is 0.0469. The van der Waals surface area contributed by atoms with Crippen molar-refractivity contribution in [1.82, 2.24) is 19.7 Å². The van der Waals surface area contributed by atoms with Crippen LogP contribution in [0.15, 0.2) is 60.4 Å². The first kappa shape index (κ1) is 18.8. The molecular weight excluding hydrogens is 393 g/mol. The first-order chi connectivity index (χ1) is 14.1. The lowest BCUT2D eigenvalue weighted by Gasteiger charge is -2.11. The highest BCUT2D eigenvalue weighted by molar-refractivity contribution is 7.13. The highest BCUT2D eigenvalue weighted by Crippen LogP contribution is 2.24. The van der Waals surface area contributed by atoms with Crippen LogP contribution in [-0.4, -0.2) is 25.7 Å². The number of ether oxygens (including phenoxy) is 1. The number of nitrogens with zero attached hydrogens (tertiary/aromatic N) is 4. The van der Waals surface area contributed by atoms with Gasteiger partial charge in [-0.1, -0.05) is 12.1 Å². The second-order valence-corrected chi connectivity index (χ2v) is 6.99. The Morgan fingerprint density at radius 1 is 1.28 bits per heavy atom. The summed E-state index contributed by atoms with van der Waals surface area (Å²) in [5, 5.41) is 9.59. The van der Waals surface area contributed by atoms with E-state index in [9.17, 15) is 9.18 Å². The number of nitrogens with one attached hydrogen (secondary N) is 1. The summed E-state index contributed by atoms with van der Waals surface area (Å²) in [6, 6.07) is 9.35. The van der Waals surface area contributed by atoms with Crippen LogP contribution >= 0.6 is 11.3 Å². The number of pyridine rings is 1. The summed E-state index contributed by atoms with van der Waals surface area (Å²) in [6.45, 7) is 0.0175. The number of aromatic nitrogens is 4. The lowest BCUT2D eigenvalue weighted by Crippen LogP contribution is -2.10. The SMILES string of the molecule is Cn1cc(-c2nc(COC(=O)c3cccnc3Nc3ccccc3F)cs2)cn1. The second kappa shape index (κ2) is 8.19. The molecule has 3 aromatic heterocycles. The van der Waals surface area contributed by atoms with Crippen LogP contribution in [-0.2, 0) is 18.4 Å². The molecule has 0 fully saturated rings. The molecule has 0 aliphatic rings. The average Bonchev–Trinajstić information content (AvgIpc) is 3.37. The molecule has 29 heavy (non-hydrogen) atoms. The zero-order valence-electron chi connectivity index (χ0n) is 15.4. The summed E-state index contributed by atoms with van der Waals surface area (Å²) in [5.41, 5.74) is 1.97. The largest absolute Gasteiger partial charge is 0.455 e. The molecule has 1 N–H and O–H groups in total. The Morgan fingerprint density at radius 3 is 2.93 bits per heavy atom. The summed E-state index contributed by atoms with van der Waals surface area (Å²) in [5.74, 6) is -0.798. The van der Waals surface area contributed by atoms with Gasteiger partial charge in [-0.15, -0.1) is 11.3 Å². The first-order valence-corrected chi connectivity index (χ1v) is 9.55. The standard InChI is InChI=1S/C20H16FN5O2S/c1-26-10-13(9-23-26)19-24-14(12-29-19)11-28-20(27)15-5-4-8-22-18(15)25-17-7-3-2-6-16(17)21/h2-10,12H,11H2,1H3,(H,22,25). The van der Waals surface area contributed by atoms with Crippen LogP contribution in [0.5, 0.6) is 0 Å². The van der Waals surface area contributed by atoms with Crippen molar-refractivity contribution in [3.63, 3.8) is 0 Å². The number of thiazole rings is 1. The van der Waals surface area contributed by atoms with Crippen molar-refractivity contribution in [3.8, 4) is 10.6 Å². The first-order valence-electron chi connectivity index (χ1n) is 8.67. The molecule has 0 atom stereocenters. The van der Waals surface area contributed by atoms with Gasteiger partial charge in [-0.2, -0.15) is 5.10 Å². The van der Waals surface area contributed by atoms with Gasteiger partial charge in [0, 0.05) is 30.4 Å². The van der Waals surface area contributed by atoms with Crippen LogP contribution in [0, 0.1) is 5.82 Å². The molecule has 0 saturated heterocycles. The predicted octanol–water partition coefficient (Wildman–Crippen LogP) is 4.18. The van der Waals surface area contributed by atoms with Gasteiger partial charge < -0.3 is 10.1 Å². The van der Waals surface area contributed by atoms with Gasteiger partial charge in [-0.05, 0) is 24.3 Å². The maximum absolute atomic E-state index is 13.9. The van der Waals surface area contributed by atoms with Crippen LogP contribution in [0.3, 0.4) is 0 Å². The second-order valence-electron chi connectivity index (χ2n) is 6.13. The molecule has 0 saturated carbocycles. The number of esters is 1. The number of carbonyl (C=O) groups excluding carboxylic acids is 1. The lowest BCUT2D eigenvalue weighted by atomic mass is 10.2. The highest BCUT2D eigenvalue weighted by atomic mass is 32.1. The molecule has 4 aromatic rings. The normalized spacial score (nSPS) is 10.7. The van der Waals surface area contributed by atoms with Gasteiger partial charge in [0.1, 0.15) is 28.8 Å². The van der Waals surface area contributed by atoms with E-state index in [0.717, 1.165) is 10.6 Å². The highest BCUT2D eigenvalue weighted by Gasteiger charge is 2.16. The van der Waals surface area contributed by atoms with Crippen molar-refractivity contribution < 1.29 is 13.9 Å². The zero-order valence-corrected chi connectivity index (χ0v) is 16.2. The van der Waals surface area contributed by atoms with Crippen LogP contribution in [0.25, 0.3) is 10.6 Å². The number of hydrogen-bond donors (Lipinski definition) is 1. The van der Waals surface area contributed by atoms with Crippen LogP contribution < -0.4 is 5.32 Å². The van der Waals surface area contributed by atoms with Gasteiger partial charge in [-0.25, -0.2) is 19.2 Å². The molecule has 0 bridgehead atoms. The fourth-order valence-corrected chi connectivity index (χ4v) is 3.39. The molecule has 146 valence electrons. The number of para-hydroxylation sites is 1. The fraction of sp³-hybridized carbons (Fsp3) is 0.100. The minimum atomic E-state index is -0.576. The predicted molar refractivity (Wildman–Crippen MR) is 107 cm³/mol. The van der Waals surface area contributed by atoms with Crippen molar-refractivity contribution in [2.24, 2.45) is 7.05 Å².